The van der Waals surface area contributed by atoms with E-state index in [1.54, 1.807) is 24.3 Å². The molecule has 1 saturated heterocycles. The molecule has 0 aromatic heterocycles. The molecule has 2 aliphatic rings. The Balaban J connectivity index is 1.86. The second-order valence-corrected chi connectivity index (χ2v) is 8.38. The van der Waals surface area contributed by atoms with Gasteiger partial charge in [0.1, 0.15) is 6.04 Å². The number of amides is 1. The molecule has 2 heterocycles. The van der Waals surface area contributed by atoms with Crippen molar-refractivity contribution in [2.24, 2.45) is 5.10 Å². The minimum Gasteiger partial charge on any atom is -0.271 e. The summed E-state index contributed by atoms with van der Waals surface area (Å²) in [4.78, 5) is 13.0. The van der Waals surface area contributed by atoms with Crippen molar-refractivity contribution in [3.05, 3.63) is 29.8 Å². The van der Waals surface area contributed by atoms with E-state index in [9.17, 15) is 13.2 Å². The molecule has 1 fully saturated rings. The Kier molecular flexibility index (Phi) is 4.73. The number of carbonyl (C=O) groups excluding carboxylic acids is 1. The summed E-state index contributed by atoms with van der Waals surface area (Å²) in [5, 5.41) is 5.76. The third kappa shape index (κ3) is 3.23. The molecule has 1 atom stereocenters. The first-order valence-corrected chi connectivity index (χ1v) is 9.77. The highest BCUT2D eigenvalue weighted by Gasteiger charge is 2.41. The van der Waals surface area contributed by atoms with Gasteiger partial charge in [-0.2, -0.15) is 9.41 Å². The van der Waals surface area contributed by atoms with Gasteiger partial charge in [-0.05, 0) is 51.7 Å². The molecule has 1 aromatic rings. The lowest BCUT2D eigenvalue weighted by Gasteiger charge is -2.29. The molecular formula is C17H23N3O3S. The molecule has 3 rings (SSSR count). The first kappa shape index (κ1) is 17.1. The fourth-order valence-corrected chi connectivity index (χ4v) is 4.89. The molecule has 0 N–H and O–H groups in total. The van der Waals surface area contributed by atoms with Crippen LogP contribution < -0.4 is 0 Å². The highest BCUT2D eigenvalue weighted by molar-refractivity contribution is 7.89. The van der Waals surface area contributed by atoms with Gasteiger partial charge in [0, 0.05) is 18.8 Å². The Labute approximate surface area is 143 Å². The third-order valence-electron chi connectivity index (χ3n) is 4.57. The largest absolute Gasteiger partial charge is 0.271 e. The van der Waals surface area contributed by atoms with Gasteiger partial charge in [0.25, 0.3) is 5.91 Å². The lowest BCUT2D eigenvalue weighted by Crippen LogP contribution is -2.47. The Hall–Kier alpha value is -1.73. The van der Waals surface area contributed by atoms with Crippen LogP contribution in [0, 0.1) is 6.92 Å². The smallest absolute Gasteiger partial charge is 0.261 e. The van der Waals surface area contributed by atoms with E-state index >= 15 is 0 Å². The van der Waals surface area contributed by atoms with Crippen molar-refractivity contribution >= 4 is 21.6 Å². The molecule has 2 aliphatic heterocycles. The highest BCUT2D eigenvalue weighted by atomic mass is 32.2. The molecule has 6 nitrogen and oxygen atoms in total. The fraction of sp³-hybridized carbons (Fsp3) is 0.529. The maximum absolute atomic E-state index is 12.9. The number of nitrogens with zero attached hydrogens (tertiary/aromatic N) is 3. The maximum Gasteiger partial charge on any atom is 0.261 e. The number of hydrogen-bond acceptors (Lipinski definition) is 4. The SMILES string of the molecule is CC1=NN(C(=O)[C@@H]2CCCN2S(=O)(=O)c2ccc(C)cc2)CCC1. The topological polar surface area (TPSA) is 70.1 Å². The minimum atomic E-state index is -3.66. The summed E-state index contributed by atoms with van der Waals surface area (Å²) in [5.74, 6) is -0.206. The Morgan fingerprint density at radius 1 is 1.12 bits per heavy atom. The molecule has 0 spiro atoms. The number of benzene rings is 1. The summed E-state index contributed by atoms with van der Waals surface area (Å²) in [6, 6.07) is 6.11. The minimum absolute atomic E-state index is 0.206. The van der Waals surface area contributed by atoms with Crippen LogP contribution in [0.3, 0.4) is 0 Å². The molecule has 1 aromatic carbocycles. The van der Waals surface area contributed by atoms with Gasteiger partial charge in [0.15, 0.2) is 0 Å². The van der Waals surface area contributed by atoms with E-state index in [0.717, 1.165) is 24.1 Å². The zero-order valence-corrected chi connectivity index (χ0v) is 14.9. The van der Waals surface area contributed by atoms with Crippen molar-refractivity contribution in [3.8, 4) is 0 Å². The maximum atomic E-state index is 12.9. The zero-order chi connectivity index (χ0) is 17.3. The van der Waals surface area contributed by atoms with Crippen LogP contribution >= 0.6 is 0 Å². The van der Waals surface area contributed by atoms with Crippen molar-refractivity contribution < 1.29 is 13.2 Å². The lowest BCUT2D eigenvalue weighted by atomic mass is 10.1. The van der Waals surface area contributed by atoms with E-state index in [1.165, 1.54) is 9.31 Å². The van der Waals surface area contributed by atoms with Crippen LogP contribution in [0.2, 0.25) is 0 Å². The molecule has 24 heavy (non-hydrogen) atoms. The predicted molar refractivity (Wildman–Crippen MR) is 92.1 cm³/mol. The van der Waals surface area contributed by atoms with E-state index in [4.69, 9.17) is 0 Å². The Morgan fingerprint density at radius 3 is 2.50 bits per heavy atom. The molecule has 0 bridgehead atoms. The number of carbonyl (C=O) groups is 1. The van der Waals surface area contributed by atoms with E-state index in [1.807, 2.05) is 13.8 Å². The van der Waals surface area contributed by atoms with Crippen LogP contribution in [-0.2, 0) is 14.8 Å². The number of hydrazone groups is 1. The quantitative estimate of drug-likeness (QED) is 0.839. The summed E-state index contributed by atoms with van der Waals surface area (Å²) in [7, 11) is -3.66. The van der Waals surface area contributed by atoms with Crippen LogP contribution in [0.5, 0.6) is 0 Å². The molecule has 0 radical (unpaired) electrons. The van der Waals surface area contributed by atoms with Crippen LogP contribution in [0.1, 0.15) is 38.2 Å². The molecule has 130 valence electrons. The van der Waals surface area contributed by atoms with Crippen molar-refractivity contribution in [1.29, 1.82) is 0 Å². The van der Waals surface area contributed by atoms with Crippen LogP contribution in [-0.4, -0.2) is 48.5 Å². The zero-order valence-electron chi connectivity index (χ0n) is 14.1. The number of rotatable bonds is 3. The van der Waals surface area contributed by atoms with Gasteiger partial charge in [0.05, 0.1) is 4.90 Å². The first-order chi connectivity index (χ1) is 11.4. The molecule has 1 amide bonds. The van der Waals surface area contributed by atoms with E-state index in [0.29, 0.717) is 25.9 Å². The summed E-state index contributed by atoms with van der Waals surface area (Å²) in [6.07, 6.45) is 3.01. The normalized spacial score (nSPS) is 22.5. The van der Waals surface area contributed by atoms with Crippen LogP contribution in [0.25, 0.3) is 0 Å². The molecule has 0 aliphatic carbocycles. The predicted octanol–water partition coefficient (Wildman–Crippen LogP) is 2.15. The summed E-state index contributed by atoms with van der Waals surface area (Å²) in [6.45, 7) is 4.75. The van der Waals surface area contributed by atoms with Crippen molar-refractivity contribution in [1.82, 2.24) is 9.31 Å². The summed E-state index contributed by atoms with van der Waals surface area (Å²) < 4.78 is 27.2. The highest BCUT2D eigenvalue weighted by Crippen LogP contribution is 2.28. The number of sulfonamides is 1. The van der Waals surface area contributed by atoms with Gasteiger partial charge in [-0.15, -0.1) is 0 Å². The number of aryl methyl sites for hydroxylation is 1. The molecule has 7 heteroatoms. The average molecular weight is 349 g/mol. The third-order valence-corrected chi connectivity index (χ3v) is 6.49. The number of hydrogen-bond donors (Lipinski definition) is 0. The Morgan fingerprint density at radius 2 is 1.83 bits per heavy atom. The van der Waals surface area contributed by atoms with Gasteiger partial charge < -0.3 is 0 Å². The molecule has 0 saturated carbocycles. The standard InChI is InChI=1S/C17H23N3O3S/c1-13-7-9-15(10-8-13)24(22,23)20-12-4-6-16(20)17(21)19-11-3-5-14(2)18-19/h7-10,16H,3-6,11-12H2,1-2H3/t16-/m0/s1. The fourth-order valence-electron chi connectivity index (χ4n) is 3.24. The van der Waals surface area contributed by atoms with Crippen LogP contribution in [0.15, 0.2) is 34.3 Å². The van der Waals surface area contributed by atoms with Gasteiger partial charge >= 0.3 is 0 Å². The average Bonchev–Trinajstić information content (AvgIpc) is 3.05. The monoisotopic (exact) mass is 349 g/mol. The van der Waals surface area contributed by atoms with Gasteiger partial charge in [0.2, 0.25) is 10.0 Å². The Bertz CT molecular complexity index is 756. The van der Waals surface area contributed by atoms with Gasteiger partial charge in [-0.25, -0.2) is 13.4 Å². The van der Waals surface area contributed by atoms with Crippen molar-refractivity contribution in [2.75, 3.05) is 13.1 Å². The van der Waals surface area contributed by atoms with E-state index in [2.05, 4.69) is 5.10 Å². The van der Waals surface area contributed by atoms with E-state index in [-0.39, 0.29) is 10.8 Å². The van der Waals surface area contributed by atoms with Crippen molar-refractivity contribution in [2.45, 2.75) is 50.5 Å². The van der Waals surface area contributed by atoms with Crippen LogP contribution in [0.4, 0.5) is 0 Å². The summed E-state index contributed by atoms with van der Waals surface area (Å²) in [5.41, 5.74) is 1.92. The van der Waals surface area contributed by atoms with Gasteiger partial charge in [-0.1, -0.05) is 17.7 Å². The molecule has 0 unspecified atom stereocenters. The van der Waals surface area contributed by atoms with Gasteiger partial charge in [-0.3, -0.25) is 4.79 Å². The second-order valence-electron chi connectivity index (χ2n) is 6.49. The second kappa shape index (κ2) is 6.64. The van der Waals surface area contributed by atoms with Crippen molar-refractivity contribution in [3.63, 3.8) is 0 Å². The van der Waals surface area contributed by atoms with E-state index < -0.39 is 16.1 Å². The molecular weight excluding hydrogens is 326 g/mol. The summed E-state index contributed by atoms with van der Waals surface area (Å²) >= 11 is 0. The first-order valence-electron chi connectivity index (χ1n) is 8.33. The lowest BCUT2D eigenvalue weighted by molar-refractivity contribution is -0.135.